The summed E-state index contributed by atoms with van der Waals surface area (Å²) in [4.78, 5) is 4.57. The van der Waals surface area contributed by atoms with Crippen molar-refractivity contribution in [2.45, 2.75) is 38.7 Å². The number of hydrogen-bond donors (Lipinski definition) is 2. The third kappa shape index (κ3) is 6.18. The van der Waals surface area contributed by atoms with Crippen LogP contribution in [0.3, 0.4) is 0 Å². The minimum atomic E-state index is 0.120. The summed E-state index contributed by atoms with van der Waals surface area (Å²) in [5.74, 6) is 1.02. The summed E-state index contributed by atoms with van der Waals surface area (Å²) in [6.45, 7) is 5.75. The van der Waals surface area contributed by atoms with Crippen LogP contribution in [0.25, 0.3) is 11.4 Å². The fourth-order valence-corrected chi connectivity index (χ4v) is 3.85. The highest BCUT2D eigenvalue weighted by molar-refractivity contribution is 7.80. The van der Waals surface area contributed by atoms with E-state index >= 15 is 0 Å². The first-order chi connectivity index (χ1) is 16.5. The molecule has 4 rings (SSSR count). The number of ether oxygens (including phenoxy) is 2. The van der Waals surface area contributed by atoms with E-state index in [2.05, 4.69) is 45.8 Å². The maximum absolute atomic E-state index is 6.01. The number of rotatable bonds is 7. The van der Waals surface area contributed by atoms with E-state index in [0.717, 1.165) is 42.9 Å². The number of aromatic nitrogens is 3. The number of nitrogens with one attached hydrogen (secondary N) is 2. The Morgan fingerprint density at radius 2 is 1.91 bits per heavy atom. The van der Waals surface area contributed by atoms with Crippen LogP contribution in [-0.4, -0.2) is 45.4 Å². The van der Waals surface area contributed by atoms with Crippen molar-refractivity contribution in [2.24, 2.45) is 12.1 Å². The Balaban J connectivity index is 1.33. The molecule has 9 heteroatoms. The lowest BCUT2D eigenvalue weighted by Crippen LogP contribution is -2.26. The molecule has 0 radical (unpaired) electrons. The topological polar surface area (TPSA) is 85.6 Å². The first-order valence-electron chi connectivity index (χ1n) is 11.4. The maximum atomic E-state index is 6.01. The van der Waals surface area contributed by atoms with E-state index in [4.69, 9.17) is 21.7 Å². The standard InChI is InChI=1S/C25H30N6O2S/c1-17(2)21-6-4-5-7-22(21)27-24(34)29-26-16-18-8-10-19(11-9-18)23-28-25(31(3)30-23)33-20-12-14-32-15-13-20/h4-11,16-17,20H,12-15H2,1-3H3,(H2,27,29,34). The Morgan fingerprint density at radius 1 is 1.18 bits per heavy atom. The monoisotopic (exact) mass is 478 g/mol. The number of para-hydroxylation sites is 1. The molecule has 34 heavy (non-hydrogen) atoms. The third-order valence-electron chi connectivity index (χ3n) is 5.54. The van der Waals surface area contributed by atoms with Gasteiger partial charge in [-0.25, -0.2) is 4.68 Å². The minimum Gasteiger partial charge on any atom is -0.460 e. The number of hydrogen-bond acceptors (Lipinski definition) is 6. The SMILES string of the molecule is CC(C)c1ccccc1NC(=S)NN=Cc1ccc(-c2nc(OC3CCOCC3)n(C)n2)cc1. The maximum Gasteiger partial charge on any atom is 0.315 e. The van der Waals surface area contributed by atoms with Crippen molar-refractivity contribution in [2.75, 3.05) is 18.5 Å². The smallest absolute Gasteiger partial charge is 0.315 e. The zero-order chi connectivity index (χ0) is 23.9. The molecule has 2 aromatic carbocycles. The highest BCUT2D eigenvalue weighted by atomic mass is 32.1. The average molecular weight is 479 g/mol. The highest BCUT2D eigenvalue weighted by Gasteiger charge is 2.19. The first kappa shape index (κ1) is 23.8. The fraction of sp³-hybridized carbons (Fsp3) is 0.360. The van der Waals surface area contributed by atoms with Crippen LogP contribution in [0.1, 0.15) is 43.7 Å². The van der Waals surface area contributed by atoms with Crippen LogP contribution in [0, 0.1) is 0 Å². The van der Waals surface area contributed by atoms with Crippen molar-refractivity contribution in [1.29, 1.82) is 0 Å². The van der Waals surface area contributed by atoms with Gasteiger partial charge >= 0.3 is 6.01 Å². The Labute approximate surface area is 205 Å². The normalized spacial score (nSPS) is 14.5. The summed E-state index contributed by atoms with van der Waals surface area (Å²) in [5, 5.41) is 12.4. The Bertz CT molecular complexity index is 1140. The number of thiocarbonyl (C=S) groups is 1. The van der Waals surface area contributed by atoms with Crippen LogP contribution in [-0.2, 0) is 11.8 Å². The van der Waals surface area contributed by atoms with Crippen LogP contribution in [0.5, 0.6) is 6.01 Å². The number of hydrazone groups is 1. The molecule has 0 atom stereocenters. The summed E-state index contributed by atoms with van der Waals surface area (Å²) >= 11 is 5.38. The van der Waals surface area contributed by atoms with Crippen molar-refractivity contribution in [3.8, 4) is 17.4 Å². The van der Waals surface area contributed by atoms with Gasteiger partial charge in [0, 0.05) is 31.1 Å². The van der Waals surface area contributed by atoms with Crippen molar-refractivity contribution in [3.05, 3.63) is 59.7 Å². The Hall–Kier alpha value is -3.30. The summed E-state index contributed by atoms with van der Waals surface area (Å²) in [6, 6.07) is 16.5. The zero-order valence-corrected chi connectivity index (χ0v) is 20.5. The molecule has 1 aromatic heterocycles. The molecular formula is C25H30N6O2S. The molecular weight excluding hydrogens is 448 g/mol. The zero-order valence-electron chi connectivity index (χ0n) is 19.7. The van der Waals surface area contributed by atoms with Gasteiger partial charge in [-0.05, 0) is 35.3 Å². The van der Waals surface area contributed by atoms with Gasteiger partial charge in [-0.3, -0.25) is 5.43 Å². The highest BCUT2D eigenvalue weighted by Crippen LogP contribution is 2.24. The second-order valence-electron chi connectivity index (χ2n) is 8.46. The van der Waals surface area contributed by atoms with Gasteiger partial charge in [0.1, 0.15) is 6.10 Å². The van der Waals surface area contributed by atoms with Crippen molar-refractivity contribution < 1.29 is 9.47 Å². The van der Waals surface area contributed by atoms with Crippen molar-refractivity contribution in [1.82, 2.24) is 20.2 Å². The molecule has 178 valence electrons. The van der Waals surface area contributed by atoms with E-state index in [-0.39, 0.29) is 6.10 Å². The lowest BCUT2D eigenvalue weighted by Gasteiger charge is -2.22. The summed E-state index contributed by atoms with van der Waals surface area (Å²) < 4.78 is 13.1. The van der Waals surface area contributed by atoms with Gasteiger partial charge in [-0.15, -0.1) is 5.10 Å². The molecule has 0 unspecified atom stereocenters. The second-order valence-corrected chi connectivity index (χ2v) is 8.87. The lowest BCUT2D eigenvalue weighted by atomic mass is 10.0. The molecule has 0 saturated carbocycles. The van der Waals surface area contributed by atoms with Crippen LogP contribution in [0.4, 0.5) is 5.69 Å². The predicted octanol–water partition coefficient (Wildman–Crippen LogP) is 4.48. The van der Waals surface area contributed by atoms with E-state index in [9.17, 15) is 0 Å². The molecule has 2 heterocycles. The van der Waals surface area contributed by atoms with Gasteiger partial charge < -0.3 is 14.8 Å². The van der Waals surface area contributed by atoms with Crippen LogP contribution < -0.4 is 15.5 Å². The molecule has 1 saturated heterocycles. The summed E-state index contributed by atoms with van der Waals surface area (Å²) in [6.07, 6.45) is 3.58. The number of aryl methyl sites for hydroxylation is 1. The largest absolute Gasteiger partial charge is 0.460 e. The van der Waals surface area contributed by atoms with Crippen LogP contribution >= 0.6 is 12.2 Å². The molecule has 3 aromatic rings. The second kappa shape index (κ2) is 11.2. The molecule has 0 amide bonds. The van der Waals surface area contributed by atoms with E-state index in [1.165, 1.54) is 5.56 Å². The van der Waals surface area contributed by atoms with Crippen LogP contribution in [0.2, 0.25) is 0 Å². The molecule has 1 aliphatic heterocycles. The molecule has 0 spiro atoms. The van der Waals surface area contributed by atoms with Crippen LogP contribution in [0.15, 0.2) is 53.6 Å². The minimum absolute atomic E-state index is 0.120. The van der Waals surface area contributed by atoms with E-state index < -0.39 is 0 Å². The fourth-order valence-electron chi connectivity index (χ4n) is 3.69. The number of nitrogens with zero attached hydrogens (tertiary/aromatic N) is 4. The molecule has 2 N–H and O–H groups in total. The third-order valence-corrected chi connectivity index (χ3v) is 5.74. The average Bonchev–Trinajstić information content (AvgIpc) is 3.20. The molecule has 1 aliphatic rings. The first-order valence-corrected chi connectivity index (χ1v) is 11.9. The van der Waals surface area contributed by atoms with Gasteiger partial charge in [-0.1, -0.05) is 56.3 Å². The van der Waals surface area contributed by atoms with Gasteiger partial charge in [0.2, 0.25) is 0 Å². The van der Waals surface area contributed by atoms with E-state index in [0.29, 0.717) is 22.9 Å². The van der Waals surface area contributed by atoms with Gasteiger partial charge in [0.25, 0.3) is 0 Å². The van der Waals surface area contributed by atoms with Crippen molar-refractivity contribution >= 4 is 29.2 Å². The van der Waals surface area contributed by atoms with E-state index in [1.54, 1.807) is 10.9 Å². The van der Waals surface area contributed by atoms with Gasteiger partial charge in [-0.2, -0.15) is 10.1 Å². The van der Waals surface area contributed by atoms with Gasteiger partial charge in [0.15, 0.2) is 10.9 Å². The molecule has 0 aliphatic carbocycles. The van der Waals surface area contributed by atoms with Crippen molar-refractivity contribution in [3.63, 3.8) is 0 Å². The van der Waals surface area contributed by atoms with Gasteiger partial charge in [0.05, 0.1) is 19.4 Å². The predicted molar refractivity (Wildman–Crippen MR) is 138 cm³/mol. The Kier molecular flexibility index (Phi) is 7.87. The van der Waals surface area contributed by atoms with E-state index in [1.807, 2.05) is 49.5 Å². The summed E-state index contributed by atoms with van der Waals surface area (Å²) in [7, 11) is 1.84. The molecule has 0 bridgehead atoms. The molecule has 8 nitrogen and oxygen atoms in total. The summed E-state index contributed by atoms with van der Waals surface area (Å²) in [5.41, 5.74) is 6.90. The molecule has 1 fully saturated rings. The number of benzene rings is 2. The lowest BCUT2D eigenvalue weighted by molar-refractivity contribution is 0.0201. The number of anilines is 1. The quantitative estimate of drug-likeness (QED) is 0.294. The Morgan fingerprint density at radius 3 is 2.65 bits per heavy atom.